The second-order valence-electron chi connectivity index (χ2n) is 4.35. The lowest BCUT2D eigenvalue weighted by molar-refractivity contribution is 0.231. The van der Waals surface area contributed by atoms with E-state index in [1.54, 1.807) is 25.3 Å². The van der Waals surface area contributed by atoms with Gasteiger partial charge in [-0.1, -0.05) is 6.07 Å². The zero-order chi connectivity index (χ0) is 14.8. The number of halogens is 1. The molecule has 0 bridgehead atoms. The Balaban J connectivity index is 2.21. The van der Waals surface area contributed by atoms with Crippen LogP contribution < -0.4 is 9.46 Å². The van der Waals surface area contributed by atoms with Crippen LogP contribution in [0.3, 0.4) is 0 Å². The van der Waals surface area contributed by atoms with Crippen LogP contribution >= 0.6 is 11.3 Å². The highest BCUT2D eigenvalue weighted by Gasteiger charge is 2.16. The molecule has 1 heterocycles. The molecule has 20 heavy (non-hydrogen) atoms. The van der Waals surface area contributed by atoms with E-state index in [0.717, 1.165) is 17.4 Å². The molecule has 0 unspecified atom stereocenters. The zero-order valence-electron chi connectivity index (χ0n) is 11.0. The predicted molar refractivity (Wildman–Crippen MR) is 77.3 cm³/mol. The van der Waals surface area contributed by atoms with Crippen molar-refractivity contribution in [1.82, 2.24) is 0 Å². The first-order chi connectivity index (χ1) is 9.38. The van der Waals surface area contributed by atoms with Gasteiger partial charge in [-0.15, -0.1) is 11.3 Å². The average Bonchev–Trinajstić information content (AvgIpc) is 2.86. The highest BCUT2D eigenvalue weighted by atomic mass is 32.2. The molecule has 1 N–H and O–H groups in total. The Morgan fingerprint density at radius 1 is 1.30 bits per heavy atom. The van der Waals surface area contributed by atoms with Crippen molar-refractivity contribution in [3.8, 4) is 5.75 Å². The van der Waals surface area contributed by atoms with Gasteiger partial charge in [0.25, 0.3) is 10.0 Å². The van der Waals surface area contributed by atoms with Crippen molar-refractivity contribution in [2.75, 3.05) is 4.72 Å². The molecule has 4 nitrogen and oxygen atoms in total. The van der Waals surface area contributed by atoms with Crippen LogP contribution in [0.1, 0.15) is 13.8 Å². The summed E-state index contributed by atoms with van der Waals surface area (Å²) in [4.78, 5) is 0. The van der Waals surface area contributed by atoms with Crippen molar-refractivity contribution in [1.29, 1.82) is 0 Å². The largest absolute Gasteiger partial charge is 0.488 e. The van der Waals surface area contributed by atoms with E-state index in [2.05, 4.69) is 4.72 Å². The summed E-state index contributed by atoms with van der Waals surface area (Å²) in [5, 5.41) is 1.66. The zero-order valence-corrected chi connectivity index (χ0v) is 12.6. The summed E-state index contributed by atoms with van der Waals surface area (Å²) in [6.45, 7) is 3.57. The molecule has 7 heteroatoms. The van der Waals surface area contributed by atoms with Crippen LogP contribution in [0.4, 0.5) is 10.1 Å². The normalized spacial score (nSPS) is 11.6. The van der Waals surface area contributed by atoms with Gasteiger partial charge >= 0.3 is 0 Å². The lowest BCUT2D eigenvalue weighted by Gasteiger charge is -2.12. The highest BCUT2D eigenvalue weighted by molar-refractivity contribution is 7.94. The molecule has 1 aromatic heterocycles. The van der Waals surface area contributed by atoms with Crippen molar-refractivity contribution in [3.05, 3.63) is 41.5 Å². The molecule has 0 radical (unpaired) electrons. The molecule has 0 spiro atoms. The Hall–Kier alpha value is -1.60. The molecule has 0 aliphatic rings. The van der Waals surface area contributed by atoms with Gasteiger partial charge in [0.05, 0.1) is 11.8 Å². The molecule has 1 aromatic carbocycles. The van der Waals surface area contributed by atoms with E-state index in [9.17, 15) is 12.8 Å². The first-order valence-electron chi connectivity index (χ1n) is 5.91. The maximum absolute atomic E-state index is 13.8. The molecule has 0 fully saturated rings. The summed E-state index contributed by atoms with van der Waals surface area (Å²) in [6, 6.07) is 7.09. The number of hydrogen-bond acceptors (Lipinski definition) is 4. The van der Waals surface area contributed by atoms with Crippen LogP contribution in [-0.4, -0.2) is 14.5 Å². The van der Waals surface area contributed by atoms with E-state index in [4.69, 9.17) is 4.74 Å². The molecule has 108 valence electrons. The number of sulfonamides is 1. The van der Waals surface area contributed by atoms with Crippen molar-refractivity contribution in [2.24, 2.45) is 0 Å². The summed E-state index contributed by atoms with van der Waals surface area (Å²) < 4.78 is 45.5. The standard InChI is InChI=1S/C13H14FNO3S2/c1-9(2)18-12-6-5-10(8-11(12)14)15-20(16,17)13-4-3-7-19-13/h3-9,15H,1-2H3. The van der Waals surface area contributed by atoms with E-state index in [1.165, 1.54) is 18.2 Å². The fourth-order valence-electron chi connectivity index (χ4n) is 1.54. The van der Waals surface area contributed by atoms with E-state index >= 15 is 0 Å². The smallest absolute Gasteiger partial charge is 0.271 e. The fourth-order valence-corrected chi connectivity index (χ4v) is 3.58. The fraction of sp³-hybridized carbons (Fsp3) is 0.231. The summed E-state index contributed by atoms with van der Waals surface area (Å²) >= 11 is 1.10. The molecular weight excluding hydrogens is 301 g/mol. The third-order valence-corrected chi connectivity index (χ3v) is 5.09. The van der Waals surface area contributed by atoms with Gasteiger partial charge < -0.3 is 4.74 Å². The van der Waals surface area contributed by atoms with Crippen LogP contribution in [0, 0.1) is 5.82 Å². The molecule has 2 aromatic rings. The number of nitrogens with one attached hydrogen (secondary N) is 1. The number of benzene rings is 1. The van der Waals surface area contributed by atoms with Crippen LogP contribution in [0.5, 0.6) is 5.75 Å². The molecular formula is C13H14FNO3S2. The van der Waals surface area contributed by atoms with E-state index in [-0.39, 0.29) is 21.8 Å². The minimum atomic E-state index is -3.66. The maximum Gasteiger partial charge on any atom is 0.271 e. The third kappa shape index (κ3) is 3.49. The molecule has 0 amide bonds. The number of thiophene rings is 1. The van der Waals surface area contributed by atoms with Crippen LogP contribution in [0.15, 0.2) is 39.9 Å². The summed E-state index contributed by atoms with van der Waals surface area (Å²) in [6.07, 6.45) is -0.154. The highest BCUT2D eigenvalue weighted by Crippen LogP contribution is 2.25. The monoisotopic (exact) mass is 315 g/mol. The minimum Gasteiger partial charge on any atom is -0.488 e. The number of anilines is 1. The molecule has 0 aliphatic carbocycles. The van der Waals surface area contributed by atoms with Crippen molar-refractivity contribution in [3.63, 3.8) is 0 Å². The van der Waals surface area contributed by atoms with Crippen LogP contribution in [0.25, 0.3) is 0 Å². The van der Waals surface area contributed by atoms with E-state index in [1.807, 2.05) is 0 Å². The number of rotatable bonds is 5. The Bertz CT molecular complexity index is 682. The van der Waals surface area contributed by atoms with E-state index < -0.39 is 15.8 Å². The summed E-state index contributed by atoms with van der Waals surface area (Å²) in [5.74, 6) is -0.510. The van der Waals surface area contributed by atoms with Gasteiger partial charge in [0.2, 0.25) is 0 Å². The van der Waals surface area contributed by atoms with Crippen molar-refractivity contribution in [2.45, 2.75) is 24.2 Å². The first kappa shape index (κ1) is 14.8. The Labute approximate surface area is 121 Å². The van der Waals surface area contributed by atoms with E-state index in [0.29, 0.717) is 0 Å². The Kier molecular flexibility index (Phi) is 4.29. The lowest BCUT2D eigenvalue weighted by atomic mass is 10.3. The second kappa shape index (κ2) is 5.80. The minimum absolute atomic E-state index is 0.0964. The van der Waals surface area contributed by atoms with Crippen molar-refractivity contribution < 1.29 is 17.5 Å². The van der Waals surface area contributed by atoms with Gasteiger partial charge in [-0.2, -0.15) is 0 Å². The van der Waals surface area contributed by atoms with Gasteiger partial charge in [-0.3, -0.25) is 4.72 Å². The van der Waals surface area contributed by atoms with Gasteiger partial charge in [0.15, 0.2) is 11.6 Å². The summed E-state index contributed by atoms with van der Waals surface area (Å²) in [5.41, 5.74) is 0.159. The molecule has 0 saturated heterocycles. The van der Waals surface area contributed by atoms with Gasteiger partial charge in [0.1, 0.15) is 4.21 Å². The number of ether oxygens (including phenoxy) is 1. The predicted octanol–water partition coefficient (Wildman–Crippen LogP) is 3.48. The lowest BCUT2D eigenvalue weighted by Crippen LogP contribution is -2.12. The SMILES string of the molecule is CC(C)Oc1ccc(NS(=O)(=O)c2cccs2)cc1F. The van der Waals surface area contributed by atoms with Crippen LogP contribution in [-0.2, 0) is 10.0 Å². The second-order valence-corrected chi connectivity index (χ2v) is 7.21. The average molecular weight is 315 g/mol. The van der Waals surface area contributed by atoms with Gasteiger partial charge in [-0.05, 0) is 37.4 Å². The topological polar surface area (TPSA) is 55.4 Å². The first-order valence-corrected chi connectivity index (χ1v) is 8.27. The maximum atomic E-state index is 13.8. The molecule has 2 rings (SSSR count). The molecule has 0 aliphatic heterocycles. The third-order valence-electron chi connectivity index (χ3n) is 2.31. The molecule has 0 saturated carbocycles. The van der Waals surface area contributed by atoms with Crippen LogP contribution in [0.2, 0.25) is 0 Å². The van der Waals surface area contributed by atoms with Gasteiger partial charge in [0, 0.05) is 6.07 Å². The quantitative estimate of drug-likeness (QED) is 0.919. The Morgan fingerprint density at radius 2 is 2.05 bits per heavy atom. The molecule has 0 atom stereocenters. The van der Waals surface area contributed by atoms with Crippen molar-refractivity contribution >= 4 is 27.0 Å². The summed E-state index contributed by atoms with van der Waals surface area (Å²) in [7, 11) is -3.66. The number of hydrogen-bond donors (Lipinski definition) is 1. The van der Waals surface area contributed by atoms with Gasteiger partial charge in [-0.25, -0.2) is 12.8 Å². The Morgan fingerprint density at radius 3 is 2.60 bits per heavy atom.